The average molecular weight is 266 g/mol. The van der Waals surface area contributed by atoms with Gasteiger partial charge in [0.05, 0.1) is 26.2 Å². The van der Waals surface area contributed by atoms with Crippen LogP contribution in [0.5, 0.6) is 0 Å². The number of nitrogens with zero attached hydrogens (tertiary/aromatic N) is 1. The Bertz CT molecular complexity index is 131. The van der Waals surface area contributed by atoms with Gasteiger partial charge in [-0.25, -0.2) is 0 Å². The van der Waals surface area contributed by atoms with Gasteiger partial charge in [-0.1, -0.05) is 40.0 Å². The number of halogens is 1. The normalized spacial score (nSPS) is 11.3. The van der Waals surface area contributed by atoms with Crippen molar-refractivity contribution in [2.24, 2.45) is 0 Å². The van der Waals surface area contributed by atoms with Gasteiger partial charge in [-0.3, -0.25) is 0 Å². The molecule has 0 aliphatic carbocycles. The Labute approximate surface area is 114 Å². The maximum atomic E-state index is 9.28. The Balaban J connectivity index is 0. The predicted molar refractivity (Wildman–Crippen MR) is 71.5 cm³/mol. The fraction of sp³-hybridized carbons (Fsp3) is 1.00. The first-order valence-electron chi connectivity index (χ1n) is 7.20. The zero-order valence-corrected chi connectivity index (χ0v) is 12.8. The van der Waals surface area contributed by atoms with Gasteiger partial charge in [0.15, 0.2) is 0 Å². The van der Waals surface area contributed by atoms with Gasteiger partial charge in [-0.2, -0.15) is 0 Å². The molecule has 0 heterocycles. The van der Waals surface area contributed by atoms with Gasteiger partial charge in [0, 0.05) is 0 Å². The van der Waals surface area contributed by atoms with E-state index in [1.54, 1.807) is 0 Å². The summed E-state index contributed by atoms with van der Waals surface area (Å²) in [6.45, 7) is 11.9. The highest BCUT2D eigenvalue weighted by Crippen LogP contribution is 2.14. The standard InChI is InChI=1S/C14H32NO.ClH/c1-4-7-10-15(13-14-16,11-8-5-2)12-9-6-3;/h16H,4-14H2,1-3H3;1H/q+1;/p-1. The first kappa shape index (κ1) is 19.5. The number of aliphatic hydroxyl groups is 1. The Kier molecular flexibility index (Phi) is 14.6. The Morgan fingerprint density at radius 1 is 0.706 bits per heavy atom. The molecule has 1 N–H and O–H groups in total. The summed E-state index contributed by atoms with van der Waals surface area (Å²) in [6, 6.07) is 0. The van der Waals surface area contributed by atoms with Crippen molar-refractivity contribution < 1.29 is 22.0 Å². The molecule has 0 rings (SSSR count). The number of rotatable bonds is 11. The van der Waals surface area contributed by atoms with E-state index in [-0.39, 0.29) is 12.4 Å². The molecule has 0 saturated carbocycles. The van der Waals surface area contributed by atoms with Gasteiger partial charge in [0.1, 0.15) is 6.54 Å². The van der Waals surface area contributed by atoms with E-state index in [9.17, 15) is 5.11 Å². The lowest BCUT2D eigenvalue weighted by Gasteiger charge is -2.38. The Hall–Kier alpha value is 0.210. The van der Waals surface area contributed by atoms with Gasteiger partial charge in [0.25, 0.3) is 0 Å². The molecule has 0 bridgehead atoms. The van der Waals surface area contributed by atoms with Crippen LogP contribution in [0.15, 0.2) is 0 Å². The molecule has 0 aliphatic rings. The van der Waals surface area contributed by atoms with Crippen molar-refractivity contribution in [3.8, 4) is 0 Å². The summed E-state index contributed by atoms with van der Waals surface area (Å²) in [7, 11) is 0. The first-order valence-corrected chi connectivity index (χ1v) is 7.20. The fourth-order valence-corrected chi connectivity index (χ4v) is 2.36. The molecule has 2 nitrogen and oxygen atoms in total. The molecule has 106 valence electrons. The number of quaternary nitrogens is 1. The van der Waals surface area contributed by atoms with Crippen LogP contribution >= 0.6 is 0 Å². The largest absolute Gasteiger partial charge is 1.00 e. The maximum Gasteiger partial charge on any atom is 0.102 e. The van der Waals surface area contributed by atoms with E-state index in [4.69, 9.17) is 0 Å². The second-order valence-electron chi connectivity index (χ2n) is 5.02. The molecule has 0 saturated heterocycles. The molecule has 0 unspecified atom stereocenters. The lowest BCUT2D eigenvalue weighted by atomic mass is 10.1. The smallest absolute Gasteiger partial charge is 0.102 e. The van der Waals surface area contributed by atoms with Crippen molar-refractivity contribution in [3.63, 3.8) is 0 Å². The Morgan fingerprint density at radius 2 is 1.06 bits per heavy atom. The molecule has 0 aliphatic heterocycles. The van der Waals surface area contributed by atoms with Crippen LogP contribution in [-0.2, 0) is 0 Å². The summed E-state index contributed by atoms with van der Waals surface area (Å²) < 4.78 is 1.16. The maximum absolute atomic E-state index is 9.28. The zero-order valence-electron chi connectivity index (χ0n) is 12.1. The van der Waals surface area contributed by atoms with Crippen LogP contribution in [0, 0.1) is 0 Å². The van der Waals surface area contributed by atoms with Gasteiger partial charge in [0.2, 0.25) is 0 Å². The zero-order chi connectivity index (χ0) is 12.3. The van der Waals surface area contributed by atoms with Crippen molar-refractivity contribution in [2.45, 2.75) is 59.3 Å². The highest BCUT2D eigenvalue weighted by molar-refractivity contribution is 4.48. The quantitative estimate of drug-likeness (QED) is 0.530. The van der Waals surface area contributed by atoms with Crippen LogP contribution in [0.4, 0.5) is 0 Å². The van der Waals surface area contributed by atoms with E-state index >= 15 is 0 Å². The van der Waals surface area contributed by atoms with Crippen LogP contribution in [0.1, 0.15) is 59.3 Å². The molecule has 3 heteroatoms. The molecule has 0 radical (unpaired) electrons. The third kappa shape index (κ3) is 8.87. The summed E-state index contributed by atoms with van der Waals surface area (Å²) in [5.41, 5.74) is 0. The summed E-state index contributed by atoms with van der Waals surface area (Å²) in [4.78, 5) is 0. The third-order valence-corrected chi connectivity index (χ3v) is 3.53. The minimum Gasteiger partial charge on any atom is -1.00 e. The lowest BCUT2D eigenvalue weighted by molar-refractivity contribution is -0.929. The Morgan fingerprint density at radius 3 is 1.29 bits per heavy atom. The summed E-state index contributed by atoms with van der Waals surface area (Å²) in [5.74, 6) is 0. The van der Waals surface area contributed by atoms with Gasteiger partial charge < -0.3 is 22.0 Å². The van der Waals surface area contributed by atoms with E-state index in [1.807, 2.05) is 0 Å². The van der Waals surface area contributed by atoms with Crippen molar-refractivity contribution in [1.29, 1.82) is 0 Å². The number of unbranched alkanes of at least 4 members (excludes halogenated alkanes) is 3. The van der Waals surface area contributed by atoms with Gasteiger partial charge in [-0.05, 0) is 19.3 Å². The highest BCUT2D eigenvalue weighted by atomic mass is 35.5. The predicted octanol–water partition coefficient (Wildman–Crippen LogP) is 0.200. The molecule has 0 fully saturated rings. The van der Waals surface area contributed by atoms with Crippen molar-refractivity contribution in [1.82, 2.24) is 0 Å². The third-order valence-electron chi connectivity index (χ3n) is 3.53. The molecular formula is C14H32ClNO. The van der Waals surface area contributed by atoms with E-state index in [1.165, 1.54) is 58.2 Å². The van der Waals surface area contributed by atoms with E-state index in [0.29, 0.717) is 6.61 Å². The minimum absolute atomic E-state index is 0. The number of hydrogen-bond donors (Lipinski definition) is 1. The average Bonchev–Trinajstić information content (AvgIpc) is 2.31. The fourth-order valence-electron chi connectivity index (χ4n) is 2.36. The summed E-state index contributed by atoms with van der Waals surface area (Å²) in [6.07, 6.45) is 7.70. The van der Waals surface area contributed by atoms with E-state index < -0.39 is 0 Å². The van der Waals surface area contributed by atoms with Crippen LogP contribution < -0.4 is 12.4 Å². The minimum atomic E-state index is 0. The van der Waals surface area contributed by atoms with Crippen LogP contribution in [0.25, 0.3) is 0 Å². The molecular weight excluding hydrogens is 234 g/mol. The summed E-state index contributed by atoms with van der Waals surface area (Å²) >= 11 is 0. The molecule has 0 aromatic heterocycles. The highest BCUT2D eigenvalue weighted by Gasteiger charge is 2.24. The van der Waals surface area contributed by atoms with E-state index in [0.717, 1.165) is 11.0 Å². The molecule has 0 aromatic carbocycles. The van der Waals surface area contributed by atoms with Gasteiger partial charge in [-0.15, -0.1) is 0 Å². The lowest BCUT2D eigenvalue weighted by Crippen LogP contribution is -3.00. The van der Waals surface area contributed by atoms with Crippen LogP contribution in [-0.4, -0.2) is 42.4 Å². The van der Waals surface area contributed by atoms with Crippen molar-refractivity contribution >= 4 is 0 Å². The molecule has 0 amide bonds. The topological polar surface area (TPSA) is 20.2 Å². The van der Waals surface area contributed by atoms with Crippen LogP contribution in [0.2, 0.25) is 0 Å². The molecule has 0 aromatic rings. The number of aliphatic hydroxyl groups excluding tert-OH is 1. The molecule has 17 heavy (non-hydrogen) atoms. The molecule has 0 atom stereocenters. The van der Waals surface area contributed by atoms with Crippen molar-refractivity contribution in [2.75, 3.05) is 32.8 Å². The molecule has 0 spiro atoms. The first-order chi connectivity index (χ1) is 7.74. The SMILES string of the molecule is CCCC[N+](CCO)(CCCC)CCCC.[Cl-]. The van der Waals surface area contributed by atoms with E-state index in [2.05, 4.69) is 20.8 Å². The monoisotopic (exact) mass is 265 g/mol. The van der Waals surface area contributed by atoms with Gasteiger partial charge >= 0.3 is 0 Å². The summed E-state index contributed by atoms with van der Waals surface area (Å²) in [5, 5.41) is 9.28. The second kappa shape index (κ2) is 12.7. The van der Waals surface area contributed by atoms with Crippen LogP contribution in [0.3, 0.4) is 0 Å². The van der Waals surface area contributed by atoms with Crippen molar-refractivity contribution in [3.05, 3.63) is 0 Å². The second-order valence-corrected chi connectivity index (χ2v) is 5.02. The number of hydrogen-bond acceptors (Lipinski definition) is 1.